The molecule has 0 amide bonds. The minimum Gasteiger partial charge on any atom is -0.366 e. The predicted octanol–water partition coefficient (Wildman–Crippen LogP) is 3.19. The topological polar surface area (TPSA) is 26.3 Å². The van der Waals surface area contributed by atoms with Crippen LogP contribution < -0.4 is 0 Å². The summed E-state index contributed by atoms with van der Waals surface area (Å²) in [5.41, 5.74) is 0.996. The molecular formula is C11H16O2S. The number of carbonyl (C=O) groups excluding carboxylic acids is 1. The highest BCUT2D eigenvalue weighted by molar-refractivity contribution is 7.08. The Kier molecular flexibility index (Phi) is 4.84. The first kappa shape index (κ1) is 11.4. The SMILES string of the molecule is CCCOC(C(=O)CC)c1ccsc1. The Morgan fingerprint density at radius 1 is 1.57 bits per heavy atom. The van der Waals surface area contributed by atoms with Gasteiger partial charge in [-0.05, 0) is 28.8 Å². The third kappa shape index (κ3) is 2.93. The summed E-state index contributed by atoms with van der Waals surface area (Å²) in [6, 6.07) is 1.96. The summed E-state index contributed by atoms with van der Waals surface area (Å²) in [6.07, 6.45) is 1.13. The average Bonchev–Trinajstić information content (AvgIpc) is 2.71. The summed E-state index contributed by atoms with van der Waals surface area (Å²) < 4.78 is 5.55. The zero-order valence-electron chi connectivity index (χ0n) is 8.66. The lowest BCUT2D eigenvalue weighted by Gasteiger charge is -2.14. The molecule has 2 nitrogen and oxygen atoms in total. The molecule has 1 rings (SSSR count). The maximum Gasteiger partial charge on any atom is 0.165 e. The molecule has 0 aliphatic carbocycles. The van der Waals surface area contributed by atoms with Gasteiger partial charge in [-0.25, -0.2) is 0 Å². The summed E-state index contributed by atoms with van der Waals surface area (Å²) in [5.74, 6) is 0.164. The van der Waals surface area contributed by atoms with Crippen LogP contribution in [0.4, 0.5) is 0 Å². The lowest BCUT2D eigenvalue weighted by molar-refractivity contribution is -0.130. The first-order valence-corrected chi connectivity index (χ1v) is 5.90. The Bertz CT molecular complexity index is 267. The van der Waals surface area contributed by atoms with E-state index in [1.165, 1.54) is 0 Å². The van der Waals surface area contributed by atoms with E-state index in [-0.39, 0.29) is 11.9 Å². The molecule has 0 radical (unpaired) electrons. The highest BCUT2D eigenvalue weighted by atomic mass is 32.1. The number of rotatable bonds is 6. The van der Waals surface area contributed by atoms with Crippen molar-refractivity contribution in [2.24, 2.45) is 0 Å². The predicted molar refractivity (Wildman–Crippen MR) is 58.6 cm³/mol. The minimum atomic E-state index is -0.341. The second-order valence-electron chi connectivity index (χ2n) is 3.13. The second kappa shape index (κ2) is 5.94. The van der Waals surface area contributed by atoms with Gasteiger partial charge in [0.25, 0.3) is 0 Å². The van der Waals surface area contributed by atoms with Crippen molar-refractivity contribution in [3.05, 3.63) is 22.4 Å². The third-order valence-corrected chi connectivity index (χ3v) is 2.68. The fourth-order valence-electron chi connectivity index (χ4n) is 1.22. The molecular weight excluding hydrogens is 196 g/mol. The van der Waals surface area contributed by atoms with Crippen LogP contribution >= 0.6 is 11.3 Å². The van der Waals surface area contributed by atoms with E-state index in [2.05, 4.69) is 0 Å². The van der Waals surface area contributed by atoms with Gasteiger partial charge in [-0.15, -0.1) is 0 Å². The maximum absolute atomic E-state index is 11.6. The van der Waals surface area contributed by atoms with Crippen molar-refractivity contribution in [2.45, 2.75) is 32.8 Å². The van der Waals surface area contributed by atoms with Gasteiger partial charge in [-0.3, -0.25) is 4.79 Å². The molecule has 0 aliphatic heterocycles. The summed E-state index contributed by atoms with van der Waals surface area (Å²) in [7, 11) is 0. The zero-order chi connectivity index (χ0) is 10.4. The summed E-state index contributed by atoms with van der Waals surface area (Å²) >= 11 is 1.60. The van der Waals surface area contributed by atoms with Crippen molar-refractivity contribution in [1.82, 2.24) is 0 Å². The van der Waals surface area contributed by atoms with Gasteiger partial charge in [-0.1, -0.05) is 13.8 Å². The monoisotopic (exact) mass is 212 g/mol. The smallest absolute Gasteiger partial charge is 0.165 e. The molecule has 0 aliphatic rings. The minimum absolute atomic E-state index is 0.164. The van der Waals surface area contributed by atoms with Crippen molar-refractivity contribution in [3.63, 3.8) is 0 Å². The van der Waals surface area contributed by atoms with E-state index in [4.69, 9.17) is 4.74 Å². The molecule has 78 valence electrons. The van der Waals surface area contributed by atoms with E-state index in [9.17, 15) is 4.79 Å². The van der Waals surface area contributed by atoms with Crippen LogP contribution in [0.3, 0.4) is 0 Å². The Labute approximate surface area is 88.9 Å². The molecule has 1 aromatic rings. The molecule has 0 aromatic carbocycles. The largest absolute Gasteiger partial charge is 0.366 e. The molecule has 0 saturated heterocycles. The van der Waals surface area contributed by atoms with Crippen LogP contribution in [0.2, 0.25) is 0 Å². The molecule has 14 heavy (non-hydrogen) atoms. The zero-order valence-corrected chi connectivity index (χ0v) is 9.47. The van der Waals surface area contributed by atoms with Gasteiger partial charge >= 0.3 is 0 Å². The average molecular weight is 212 g/mol. The molecule has 1 unspecified atom stereocenters. The fourth-order valence-corrected chi connectivity index (χ4v) is 1.89. The number of hydrogen-bond donors (Lipinski definition) is 0. The number of hydrogen-bond acceptors (Lipinski definition) is 3. The van der Waals surface area contributed by atoms with Gasteiger partial charge in [0.1, 0.15) is 6.10 Å². The van der Waals surface area contributed by atoms with Crippen LogP contribution in [0.1, 0.15) is 38.4 Å². The van der Waals surface area contributed by atoms with E-state index in [1.54, 1.807) is 11.3 Å². The summed E-state index contributed by atoms with van der Waals surface area (Å²) in [5, 5.41) is 3.95. The van der Waals surface area contributed by atoms with E-state index in [1.807, 2.05) is 30.7 Å². The highest BCUT2D eigenvalue weighted by Crippen LogP contribution is 2.22. The van der Waals surface area contributed by atoms with Gasteiger partial charge in [0.2, 0.25) is 0 Å². The van der Waals surface area contributed by atoms with Gasteiger partial charge in [0, 0.05) is 13.0 Å². The normalized spacial score (nSPS) is 12.7. The van der Waals surface area contributed by atoms with E-state index in [0.717, 1.165) is 12.0 Å². The van der Waals surface area contributed by atoms with Crippen LogP contribution in [0.5, 0.6) is 0 Å². The lowest BCUT2D eigenvalue weighted by Crippen LogP contribution is -2.15. The maximum atomic E-state index is 11.6. The van der Waals surface area contributed by atoms with Crippen molar-refractivity contribution in [1.29, 1.82) is 0 Å². The van der Waals surface area contributed by atoms with Crippen LogP contribution in [0, 0.1) is 0 Å². The first-order valence-electron chi connectivity index (χ1n) is 4.96. The molecule has 0 fully saturated rings. The molecule has 0 N–H and O–H groups in total. The first-order chi connectivity index (χ1) is 6.79. The molecule has 3 heteroatoms. The molecule has 0 spiro atoms. The lowest BCUT2D eigenvalue weighted by atomic mass is 10.1. The summed E-state index contributed by atoms with van der Waals surface area (Å²) in [4.78, 5) is 11.6. The number of Topliss-reactive ketones (excluding diaryl/α,β-unsaturated/α-hetero) is 1. The summed E-state index contributed by atoms with van der Waals surface area (Å²) in [6.45, 7) is 4.56. The third-order valence-electron chi connectivity index (χ3n) is 1.98. The number of ether oxygens (including phenoxy) is 1. The number of thiophene rings is 1. The number of carbonyl (C=O) groups is 1. The van der Waals surface area contributed by atoms with Gasteiger partial charge < -0.3 is 4.74 Å². The van der Waals surface area contributed by atoms with E-state index >= 15 is 0 Å². The van der Waals surface area contributed by atoms with Crippen LogP contribution in [0.25, 0.3) is 0 Å². The van der Waals surface area contributed by atoms with Crippen molar-refractivity contribution >= 4 is 17.1 Å². The van der Waals surface area contributed by atoms with Crippen LogP contribution in [-0.2, 0) is 9.53 Å². The Hall–Kier alpha value is -0.670. The molecule has 0 saturated carbocycles. The Morgan fingerprint density at radius 2 is 2.36 bits per heavy atom. The highest BCUT2D eigenvalue weighted by Gasteiger charge is 2.19. The van der Waals surface area contributed by atoms with Gasteiger partial charge in [0.05, 0.1) is 0 Å². The quantitative estimate of drug-likeness (QED) is 0.724. The van der Waals surface area contributed by atoms with Crippen molar-refractivity contribution < 1.29 is 9.53 Å². The number of ketones is 1. The standard InChI is InChI=1S/C11H16O2S/c1-3-6-13-11(10(12)4-2)9-5-7-14-8-9/h5,7-8,11H,3-4,6H2,1-2H3. The second-order valence-corrected chi connectivity index (χ2v) is 3.91. The van der Waals surface area contributed by atoms with Crippen molar-refractivity contribution in [3.8, 4) is 0 Å². The van der Waals surface area contributed by atoms with Crippen LogP contribution in [0.15, 0.2) is 16.8 Å². The molecule has 0 bridgehead atoms. The Balaban J connectivity index is 2.67. The molecule has 1 atom stereocenters. The van der Waals surface area contributed by atoms with Gasteiger partial charge in [-0.2, -0.15) is 11.3 Å². The molecule has 1 heterocycles. The molecule has 1 aromatic heterocycles. The fraction of sp³-hybridized carbons (Fsp3) is 0.545. The van der Waals surface area contributed by atoms with Crippen molar-refractivity contribution in [2.75, 3.05) is 6.61 Å². The van der Waals surface area contributed by atoms with Crippen LogP contribution in [-0.4, -0.2) is 12.4 Å². The van der Waals surface area contributed by atoms with Gasteiger partial charge in [0.15, 0.2) is 5.78 Å². The van der Waals surface area contributed by atoms with E-state index < -0.39 is 0 Å². The van der Waals surface area contributed by atoms with E-state index in [0.29, 0.717) is 13.0 Å². The Morgan fingerprint density at radius 3 is 2.86 bits per heavy atom.